The molecule has 1 saturated carbocycles. The molecule has 118 valence electrons. The molecule has 0 bridgehead atoms. The lowest BCUT2D eigenvalue weighted by Gasteiger charge is -2.33. The number of hydrogen-bond acceptors (Lipinski definition) is 5. The summed E-state index contributed by atoms with van der Waals surface area (Å²) >= 11 is 0. The number of nitrogens with zero attached hydrogens (tertiary/aromatic N) is 2. The first-order valence-electron chi connectivity index (χ1n) is 7.45. The third kappa shape index (κ3) is 3.83. The van der Waals surface area contributed by atoms with Crippen molar-refractivity contribution in [1.29, 1.82) is 0 Å². The first kappa shape index (κ1) is 16.0. The monoisotopic (exact) mass is 296 g/mol. The van der Waals surface area contributed by atoms with E-state index in [9.17, 15) is 9.90 Å². The lowest BCUT2D eigenvalue weighted by molar-refractivity contribution is -0.140. The van der Waals surface area contributed by atoms with Crippen molar-refractivity contribution < 1.29 is 19.2 Å². The van der Waals surface area contributed by atoms with Crippen LogP contribution in [0.4, 0.5) is 0 Å². The molecule has 0 aliphatic heterocycles. The van der Waals surface area contributed by atoms with Crippen molar-refractivity contribution in [3.8, 4) is 0 Å². The zero-order chi connectivity index (χ0) is 15.4. The van der Waals surface area contributed by atoms with Crippen LogP contribution in [0.15, 0.2) is 10.6 Å². The Hall–Kier alpha value is -1.40. The minimum absolute atomic E-state index is 0.0680. The minimum Gasteiger partial charge on any atom is -0.390 e. The van der Waals surface area contributed by atoms with Crippen molar-refractivity contribution in [2.45, 2.75) is 51.4 Å². The summed E-state index contributed by atoms with van der Waals surface area (Å²) in [6.45, 7) is 2.43. The molecule has 3 atom stereocenters. The van der Waals surface area contributed by atoms with E-state index in [-0.39, 0.29) is 17.9 Å². The van der Waals surface area contributed by atoms with E-state index in [2.05, 4.69) is 5.16 Å². The number of amides is 1. The molecule has 2 rings (SSSR count). The predicted octanol–water partition coefficient (Wildman–Crippen LogP) is 1.37. The van der Waals surface area contributed by atoms with Crippen molar-refractivity contribution >= 4 is 5.91 Å². The second-order valence-corrected chi connectivity index (χ2v) is 5.68. The van der Waals surface area contributed by atoms with Gasteiger partial charge in [-0.3, -0.25) is 4.79 Å². The highest BCUT2D eigenvalue weighted by molar-refractivity contribution is 5.78. The molecule has 21 heavy (non-hydrogen) atoms. The number of ether oxygens (including phenoxy) is 1. The number of carbonyl (C=O) groups is 1. The highest BCUT2D eigenvalue weighted by atomic mass is 16.5. The van der Waals surface area contributed by atoms with Crippen molar-refractivity contribution in [3.05, 3.63) is 17.5 Å². The summed E-state index contributed by atoms with van der Waals surface area (Å²) in [4.78, 5) is 14.1. The van der Waals surface area contributed by atoms with E-state index in [1.165, 1.54) is 0 Å². The number of hydrogen-bond donors (Lipinski definition) is 1. The van der Waals surface area contributed by atoms with Crippen LogP contribution in [0, 0.1) is 5.92 Å². The van der Waals surface area contributed by atoms with Crippen LogP contribution in [0.2, 0.25) is 0 Å². The Kier molecular flexibility index (Phi) is 5.36. The van der Waals surface area contributed by atoms with Gasteiger partial charge in [-0.2, -0.15) is 0 Å². The summed E-state index contributed by atoms with van der Waals surface area (Å²) in [6, 6.07) is 1.88. The molecule has 1 aromatic heterocycles. The summed E-state index contributed by atoms with van der Waals surface area (Å²) in [7, 11) is 3.34. The second kappa shape index (κ2) is 7.04. The quantitative estimate of drug-likeness (QED) is 0.888. The molecule has 0 aromatic carbocycles. The summed E-state index contributed by atoms with van der Waals surface area (Å²) < 4.78 is 10.5. The maximum Gasteiger partial charge on any atom is 0.225 e. The molecule has 1 heterocycles. The van der Waals surface area contributed by atoms with Gasteiger partial charge in [0.15, 0.2) is 5.76 Å². The number of carbonyl (C=O) groups excluding carboxylic acids is 1. The lowest BCUT2D eigenvalue weighted by Crippen LogP contribution is -2.41. The van der Waals surface area contributed by atoms with Crippen molar-refractivity contribution in [3.63, 3.8) is 0 Å². The maximum absolute atomic E-state index is 12.5. The molecule has 6 heteroatoms. The second-order valence-electron chi connectivity index (χ2n) is 5.68. The van der Waals surface area contributed by atoms with E-state index in [0.717, 1.165) is 12.1 Å². The first-order valence-corrected chi connectivity index (χ1v) is 7.45. The van der Waals surface area contributed by atoms with Crippen molar-refractivity contribution in [2.24, 2.45) is 5.92 Å². The molecule has 0 radical (unpaired) electrons. The summed E-state index contributed by atoms with van der Waals surface area (Å²) in [5.74, 6) is 0.664. The van der Waals surface area contributed by atoms with Crippen LogP contribution < -0.4 is 0 Å². The molecule has 1 N–H and O–H groups in total. The van der Waals surface area contributed by atoms with E-state index in [1.807, 2.05) is 13.0 Å². The Morgan fingerprint density at radius 1 is 1.57 bits per heavy atom. The molecule has 1 aliphatic rings. The molecule has 6 nitrogen and oxygen atoms in total. The van der Waals surface area contributed by atoms with Gasteiger partial charge < -0.3 is 19.3 Å². The van der Waals surface area contributed by atoms with Gasteiger partial charge in [0.2, 0.25) is 5.91 Å². The predicted molar refractivity (Wildman–Crippen MR) is 76.5 cm³/mol. The Morgan fingerprint density at radius 2 is 2.33 bits per heavy atom. The summed E-state index contributed by atoms with van der Waals surface area (Å²) in [5.41, 5.74) is 0.895. The van der Waals surface area contributed by atoms with Gasteiger partial charge in [-0.05, 0) is 25.7 Å². The van der Waals surface area contributed by atoms with E-state index < -0.39 is 6.10 Å². The minimum atomic E-state index is -0.467. The molecule has 1 fully saturated rings. The Labute approximate surface area is 125 Å². The molecule has 0 spiro atoms. The first-order chi connectivity index (χ1) is 10.0. The number of methoxy groups -OCH3 is 1. The van der Waals surface area contributed by atoms with Crippen LogP contribution in [0.3, 0.4) is 0 Å². The molecule has 0 saturated heterocycles. The van der Waals surface area contributed by atoms with Crippen molar-refractivity contribution in [2.75, 3.05) is 14.2 Å². The number of aromatic nitrogens is 1. The maximum atomic E-state index is 12.5. The van der Waals surface area contributed by atoms with Crippen LogP contribution in [-0.2, 0) is 22.5 Å². The highest BCUT2D eigenvalue weighted by Gasteiger charge is 2.34. The van der Waals surface area contributed by atoms with Gasteiger partial charge in [0.1, 0.15) is 0 Å². The molecule has 0 unspecified atom stereocenters. The summed E-state index contributed by atoms with van der Waals surface area (Å²) in [6.07, 6.45) is 1.96. The average Bonchev–Trinajstić information content (AvgIpc) is 2.94. The zero-order valence-corrected chi connectivity index (χ0v) is 12.9. The Bertz CT molecular complexity index is 474. The molecule has 1 aliphatic carbocycles. The SMILES string of the molecule is CCc1cc(CN(C)C(=O)[C@@H]2CC[C@H](O)[C@H](OC)C2)on1. The van der Waals surface area contributed by atoms with Crippen LogP contribution in [0.5, 0.6) is 0 Å². The van der Waals surface area contributed by atoms with Gasteiger partial charge in [0.05, 0.1) is 24.4 Å². The van der Waals surface area contributed by atoms with Gasteiger partial charge in [-0.25, -0.2) is 0 Å². The Balaban J connectivity index is 1.92. The van der Waals surface area contributed by atoms with Gasteiger partial charge >= 0.3 is 0 Å². The van der Waals surface area contributed by atoms with Gasteiger partial charge in [0, 0.05) is 26.1 Å². The smallest absolute Gasteiger partial charge is 0.225 e. The molecular formula is C15H24N2O4. The number of aliphatic hydroxyl groups is 1. The molecular weight excluding hydrogens is 272 g/mol. The van der Waals surface area contributed by atoms with Crippen LogP contribution >= 0.6 is 0 Å². The fourth-order valence-electron chi connectivity index (χ4n) is 2.81. The number of aliphatic hydroxyl groups excluding tert-OH is 1. The molecule has 1 aromatic rings. The van der Waals surface area contributed by atoms with E-state index >= 15 is 0 Å². The Morgan fingerprint density at radius 3 is 2.95 bits per heavy atom. The summed E-state index contributed by atoms with van der Waals surface area (Å²) in [5, 5.41) is 13.7. The van der Waals surface area contributed by atoms with E-state index in [1.54, 1.807) is 19.1 Å². The van der Waals surface area contributed by atoms with Gasteiger partial charge in [0.25, 0.3) is 0 Å². The van der Waals surface area contributed by atoms with Gasteiger partial charge in [-0.15, -0.1) is 0 Å². The van der Waals surface area contributed by atoms with E-state index in [0.29, 0.717) is 31.6 Å². The van der Waals surface area contributed by atoms with Crippen LogP contribution in [0.25, 0.3) is 0 Å². The molecule has 1 amide bonds. The highest BCUT2D eigenvalue weighted by Crippen LogP contribution is 2.28. The zero-order valence-electron chi connectivity index (χ0n) is 12.9. The van der Waals surface area contributed by atoms with Crippen LogP contribution in [0.1, 0.15) is 37.6 Å². The largest absolute Gasteiger partial charge is 0.390 e. The van der Waals surface area contributed by atoms with Crippen molar-refractivity contribution in [1.82, 2.24) is 10.1 Å². The normalized spacial score (nSPS) is 25.8. The van der Waals surface area contributed by atoms with E-state index in [4.69, 9.17) is 9.26 Å². The topological polar surface area (TPSA) is 75.8 Å². The standard InChI is InChI=1S/C15H24N2O4/c1-4-11-8-12(21-16-11)9-17(2)15(19)10-5-6-13(18)14(7-10)20-3/h8,10,13-14,18H,4-7,9H2,1-3H3/t10-,13+,14-/m1/s1. The number of rotatable bonds is 5. The number of aryl methyl sites for hydroxylation is 1. The fraction of sp³-hybridized carbons (Fsp3) is 0.733. The lowest BCUT2D eigenvalue weighted by atomic mass is 9.84. The van der Waals surface area contributed by atoms with Gasteiger partial charge in [-0.1, -0.05) is 12.1 Å². The fourth-order valence-corrected chi connectivity index (χ4v) is 2.81. The van der Waals surface area contributed by atoms with Crippen LogP contribution in [-0.4, -0.2) is 47.4 Å². The average molecular weight is 296 g/mol. The third-order valence-corrected chi connectivity index (χ3v) is 4.15. The third-order valence-electron chi connectivity index (χ3n) is 4.15.